The van der Waals surface area contributed by atoms with E-state index in [1.807, 2.05) is 47.5 Å². The van der Waals surface area contributed by atoms with Gasteiger partial charge in [0, 0.05) is 43.2 Å². The molecule has 0 fully saturated rings. The Labute approximate surface area is 144 Å². The van der Waals surface area contributed by atoms with E-state index in [1.165, 1.54) is 6.07 Å². The van der Waals surface area contributed by atoms with Gasteiger partial charge in [-0.05, 0) is 30.3 Å². The zero-order valence-electron chi connectivity index (χ0n) is 13.7. The third-order valence-corrected chi connectivity index (χ3v) is 4.98. The van der Waals surface area contributed by atoms with Crippen molar-refractivity contribution in [2.75, 3.05) is 4.90 Å². The maximum absolute atomic E-state index is 13.9. The maximum Gasteiger partial charge on any atom is 0.324 e. The second-order valence-corrected chi connectivity index (χ2v) is 6.45. The van der Waals surface area contributed by atoms with Crippen LogP contribution in [0.5, 0.6) is 0 Å². The van der Waals surface area contributed by atoms with Crippen molar-refractivity contribution >= 4 is 5.69 Å². The number of halogens is 1. The average Bonchev–Trinajstić information content (AvgIpc) is 3.22. The predicted molar refractivity (Wildman–Crippen MR) is 91.8 cm³/mol. The van der Waals surface area contributed by atoms with E-state index in [0.717, 1.165) is 22.6 Å². The van der Waals surface area contributed by atoms with E-state index in [1.54, 1.807) is 12.3 Å². The highest BCUT2D eigenvalue weighted by atomic mass is 19.1. The molecule has 0 unspecified atom stereocenters. The fourth-order valence-corrected chi connectivity index (χ4v) is 3.77. The van der Waals surface area contributed by atoms with Gasteiger partial charge < -0.3 is 5.32 Å². The van der Waals surface area contributed by atoms with Gasteiger partial charge in [0.2, 0.25) is 5.69 Å². The Morgan fingerprint density at radius 1 is 1.24 bits per heavy atom. The van der Waals surface area contributed by atoms with Crippen molar-refractivity contribution < 1.29 is 8.96 Å². The number of anilines is 1. The molecule has 25 heavy (non-hydrogen) atoms. The topological polar surface area (TPSA) is 37.0 Å². The minimum atomic E-state index is -0.539. The van der Waals surface area contributed by atoms with Crippen molar-refractivity contribution in [1.82, 2.24) is 15.1 Å². The minimum absolute atomic E-state index is 0.241. The van der Waals surface area contributed by atoms with E-state index in [9.17, 15) is 4.39 Å². The van der Waals surface area contributed by atoms with E-state index in [-0.39, 0.29) is 5.82 Å². The van der Waals surface area contributed by atoms with Crippen LogP contribution < -0.4 is 14.8 Å². The van der Waals surface area contributed by atoms with Crippen molar-refractivity contribution in [3.63, 3.8) is 0 Å². The van der Waals surface area contributed by atoms with Gasteiger partial charge in [0.1, 0.15) is 11.5 Å². The molecule has 5 nitrogen and oxygen atoms in total. The molecule has 1 aromatic carbocycles. The molecule has 0 amide bonds. The molecule has 0 spiro atoms. The summed E-state index contributed by atoms with van der Waals surface area (Å²) < 4.78 is 18.0. The molecule has 0 radical (unpaired) electrons. The average molecular weight is 334 g/mol. The van der Waals surface area contributed by atoms with Gasteiger partial charge in [-0.25, -0.2) is 4.39 Å². The smallest absolute Gasteiger partial charge is 0.312 e. The third-order valence-electron chi connectivity index (χ3n) is 4.98. The van der Waals surface area contributed by atoms with Crippen LogP contribution >= 0.6 is 0 Å². The summed E-state index contributed by atoms with van der Waals surface area (Å²) >= 11 is 0. The van der Waals surface area contributed by atoms with Gasteiger partial charge in [0.15, 0.2) is 6.20 Å². The first-order valence-corrected chi connectivity index (χ1v) is 8.22. The lowest BCUT2D eigenvalue weighted by molar-refractivity contribution is -0.753. The van der Waals surface area contributed by atoms with Crippen LogP contribution in [0.1, 0.15) is 12.5 Å². The van der Waals surface area contributed by atoms with Crippen LogP contribution in [0, 0.1) is 5.82 Å². The lowest BCUT2D eigenvalue weighted by Crippen LogP contribution is -2.68. The molecule has 0 saturated carbocycles. The second-order valence-electron chi connectivity index (χ2n) is 6.45. The number of nitrogens with one attached hydrogen (secondary N) is 1. The molecule has 4 heterocycles. The molecule has 0 saturated heterocycles. The highest BCUT2D eigenvalue weighted by molar-refractivity contribution is 5.60. The number of hydrogen-bond acceptors (Lipinski definition) is 3. The van der Waals surface area contributed by atoms with Gasteiger partial charge in [-0.2, -0.15) is 9.67 Å². The van der Waals surface area contributed by atoms with Crippen LogP contribution in [0.4, 0.5) is 10.1 Å². The predicted octanol–water partition coefficient (Wildman–Crippen LogP) is 2.55. The summed E-state index contributed by atoms with van der Waals surface area (Å²) in [5.74, 6) is -0.780. The van der Waals surface area contributed by atoms with Gasteiger partial charge in [0.25, 0.3) is 0 Å². The Hall–Kier alpha value is -3.15. The molecule has 2 aliphatic heterocycles. The van der Waals surface area contributed by atoms with Crippen molar-refractivity contribution in [3.05, 3.63) is 78.6 Å². The fraction of sp³-hybridized carbons (Fsp3) is 0.158. The van der Waals surface area contributed by atoms with Gasteiger partial charge in [0.05, 0.1) is 12.2 Å². The SMILES string of the molecule is C[C@@]12NC=CN1c1ccc(F)cc1Cn1nccc1-c1cccc[n+]12. The number of benzene rings is 1. The summed E-state index contributed by atoms with van der Waals surface area (Å²) in [6.07, 6.45) is 7.76. The number of aromatic nitrogens is 3. The molecule has 1 N–H and O–H groups in total. The van der Waals surface area contributed by atoms with Gasteiger partial charge in [-0.1, -0.05) is 0 Å². The van der Waals surface area contributed by atoms with Gasteiger partial charge >= 0.3 is 5.79 Å². The van der Waals surface area contributed by atoms with Crippen LogP contribution in [0.25, 0.3) is 11.4 Å². The summed E-state index contributed by atoms with van der Waals surface area (Å²) in [6.45, 7) is 2.61. The fourth-order valence-electron chi connectivity index (χ4n) is 3.77. The van der Waals surface area contributed by atoms with Gasteiger partial charge in [-0.15, -0.1) is 0 Å². The highest BCUT2D eigenvalue weighted by Gasteiger charge is 2.46. The monoisotopic (exact) mass is 334 g/mol. The molecule has 6 heteroatoms. The van der Waals surface area contributed by atoms with Crippen molar-refractivity contribution in [3.8, 4) is 11.4 Å². The molecule has 1 atom stereocenters. The van der Waals surface area contributed by atoms with E-state index < -0.39 is 5.79 Å². The van der Waals surface area contributed by atoms with Crippen molar-refractivity contribution in [2.24, 2.45) is 0 Å². The summed E-state index contributed by atoms with van der Waals surface area (Å²) in [6, 6.07) is 13.0. The van der Waals surface area contributed by atoms with Crippen molar-refractivity contribution in [2.45, 2.75) is 19.3 Å². The lowest BCUT2D eigenvalue weighted by Gasteiger charge is -2.32. The first kappa shape index (κ1) is 14.2. The third kappa shape index (κ3) is 1.94. The van der Waals surface area contributed by atoms with E-state index in [2.05, 4.69) is 32.9 Å². The van der Waals surface area contributed by atoms with Crippen LogP contribution in [-0.4, -0.2) is 9.78 Å². The highest BCUT2D eigenvalue weighted by Crippen LogP contribution is 2.34. The lowest BCUT2D eigenvalue weighted by atomic mass is 10.1. The standard InChI is InChI=1S/C19H17FN5/c1-19-21-9-11-24(19)16-6-5-15(20)12-14(16)13-25-18(7-8-22-25)17-4-2-3-10-23(17)19/h2-12,21H,13H2,1H3/q+1/t19-/m0/s1. The number of rotatable bonds is 0. The molecular formula is C19H17FN5+. The molecule has 2 aromatic heterocycles. The normalized spacial score (nSPS) is 20.5. The van der Waals surface area contributed by atoms with Crippen molar-refractivity contribution in [1.29, 1.82) is 0 Å². The van der Waals surface area contributed by atoms with E-state index in [0.29, 0.717) is 6.54 Å². The molecule has 124 valence electrons. The number of nitrogens with zero attached hydrogens (tertiary/aromatic N) is 4. The Balaban J connectivity index is 1.86. The van der Waals surface area contributed by atoms with Gasteiger partial charge in [-0.3, -0.25) is 9.58 Å². The van der Waals surface area contributed by atoms with Crippen LogP contribution in [0.3, 0.4) is 0 Å². The minimum Gasteiger partial charge on any atom is -0.312 e. The molecule has 0 bridgehead atoms. The molecule has 3 aromatic rings. The summed E-state index contributed by atoms with van der Waals surface area (Å²) in [5, 5.41) is 7.92. The summed E-state index contributed by atoms with van der Waals surface area (Å²) in [4.78, 5) is 2.14. The van der Waals surface area contributed by atoms with Crippen LogP contribution in [0.2, 0.25) is 0 Å². The molecule has 5 rings (SSSR count). The van der Waals surface area contributed by atoms with Crippen LogP contribution in [0.15, 0.2) is 67.3 Å². The first-order valence-electron chi connectivity index (χ1n) is 8.22. The number of pyridine rings is 1. The Kier molecular flexibility index (Phi) is 2.80. The summed E-state index contributed by atoms with van der Waals surface area (Å²) in [7, 11) is 0. The van der Waals surface area contributed by atoms with E-state index >= 15 is 0 Å². The molecule has 2 aliphatic rings. The maximum atomic E-state index is 13.9. The largest absolute Gasteiger partial charge is 0.324 e. The number of fused-ring (bicyclic) bond motifs is 7. The van der Waals surface area contributed by atoms with Crippen LogP contribution in [-0.2, 0) is 12.3 Å². The zero-order valence-corrected chi connectivity index (χ0v) is 13.7. The molecule has 0 aliphatic carbocycles. The zero-order chi connectivity index (χ0) is 17.0. The number of hydrogen-bond donors (Lipinski definition) is 1. The first-order chi connectivity index (χ1) is 12.2. The molecular weight excluding hydrogens is 317 g/mol. The van der Waals surface area contributed by atoms with E-state index in [4.69, 9.17) is 0 Å². The Morgan fingerprint density at radius 2 is 2.16 bits per heavy atom. The Morgan fingerprint density at radius 3 is 3.08 bits per heavy atom. The summed E-state index contributed by atoms with van der Waals surface area (Å²) in [5.41, 5.74) is 3.87. The second kappa shape index (κ2) is 4.92. The Bertz CT molecular complexity index is 1010. The quantitative estimate of drug-likeness (QED) is 0.642.